The minimum Gasteiger partial charge on any atom is -0.476 e. The fraction of sp³-hybridized carbons (Fsp3) is 0.333. The average molecular weight is 443 g/mol. The molecule has 2 amide bonds. The van der Waals surface area contributed by atoms with Crippen LogP contribution in [-0.2, 0) is 9.53 Å². The van der Waals surface area contributed by atoms with Gasteiger partial charge in [-0.1, -0.05) is 12.1 Å². The fourth-order valence-electron chi connectivity index (χ4n) is 3.66. The fourth-order valence-corrected chi connectivity index (χ4v) is 4.21. The lowest BCUT2D eigenvalue weighted by atomic mass is 10.1. The molecule has 9 nitrogen and oxygen atoms in total. The molecule has 1 atom stereocenters. The number of anilines is 1. The van der Waals surface area contributed by atoms with Crippen LogP contribution in [0, 0.1) is 10.1 Å². The van der Waals surface area contributed by atoms with Crippen LogP contribution in [0.5, 0.6) is 5.75 Å². The minimum absolute atomic E-state index is 0.0180. The number of hydrogen-bond acceptors (Lipinski definition) is 7. The second-order valence-corrected chi connectivity index (χ2v) is 7.92. The van der Waals surface area contributed by atoms with Gasteiger partial charge in [-0.2, -0.15) is 0 Å². The predicted molar refractivity (Wildman–Crippen MR) is 115 cm³/mol. The Morgan fingerprint density at radius 3 is 2.61 bits per heavy atom. The summed E-state index contributed by atoms with van der Waals surface area (Å²) in [4.78, 5) is 40.9. The first-order valence-electron chi connectivity index (χ1n) is 9.76. The number of fused-ring (bicyclic) bond motifs is 1. The van der Waals surface area contributed by atoms with Gasteiger partial charge >= 0.3 is 0 Å². The molecule has 0 saturated carbocycles. The minimum atomic E-state index is -0.864. The van der Waals surface area contributed by atoms with E-state index >= 15 is 0 Å². The maximum atomic E-state index is 13.4. The Hall–Kier alpha value is -3.11. The van der Waals surface area contributed by atoms with Crippen molar-refractivity contribution in [3.8, 4) is 5.75 Å². The van der Waals surface area contributed by atoms with Crippen LogP contribution in [0.25, 0.3) is 0 Å². The zero-order valence-corrected chi connectivity index (χ0v) is 17.7. The van der Waals surface area contributed by atoms with E-state index in [4.69, 9.17) is 9.47 Å². The van der Waals surface area contributed by atoms with Crippen LogP contribution >= 0.6 is 11.8 Å². The molecule has 1 saturated heterocycles. The van der Waals surface area contributed by atoms with E-state index in [0.717, 1.165) is 0 Å². The standard InChI is InChI=1S/C21H21N3O6S/c1-31-19-7-6-14(12-16(19)24(27)28)20(25)23-13-18(21(26)22-8-10-29-11-9-22)30-17-5-3-2-4-15(17)23/h2-7,12,18H,8-11,13H2,1H3/t18-/m1/s1. The van der Waals surface area contributed by atoms with Crippen LogP contribution in [0.2, 0.25) is 0 Å². The summed E-state index contributed by atoms with van der Waals surface area (Å²) in [6.07, 6.45) is 0.876. The van der Waals surface area contributed by atoms with Crippen LogP contribution in [0.3, 0.4) is 0 Å². The smallest absolute Gasteiger partial charge is 0.283 e. The number of nitro groups is 1. The molecule has 0 N–H and O–H groups in total. The number of carbonyl (C=O) groups is 2. The molecule has 0 aliphatic carbocycles. The highest BCUT2D eigenvalue weighted by Gasteiger charge is 2.37. The molecule has 2 aromatic carbocycles. The second kappa shape index (κ2) is 8.94. The van der Waals surface area contributed by atoms with E-state index in [2.05, 4.69) is 0 Å². The molecular formula is C21H21N3O6S. The Bertz CT molecular complexity index is 1020. The second-order valence-electron chi connectivity index (χ2n) is 7.07. The van der Waals surface area contributed by atoms with Crippen LogP contribution in [0.15, 0.2) is 47.4 Å². The highest BCUT2D eigenvalue weighted by atomic mass is 32.2. The Kier molecular flexibility index (Phi) is 6.10. The predicted octanol–water partition coefficient (Wildman–Crippen LogP) is 2.58. The van der Waals surface area contributed by atoms with Crippen LogP contribution in [0.4, 0.5) is 11.4 Å². The first-order valence-corrected chi connectivity index (χ1v) is 11.0. The van der Waals surface area contributed by atoms with Crippen molar-refractivity contribution in [3.05, 3.63) is 58.1 Å². The van der Waals surface area contributed by atoms with E-state index in [9.17, 15) is 19.7 Å². The van der Waals surface area contributed by atoms with Gasteiger partial charge in [-0.05, 0) is 30.5 Å². The summed E-state index contributed by atoms with van der Waals surface area (Å²) in [7, 11) is 0. The van der Waals surface area contributed by atoms with E-state index in [1.807, 2.05) is 0 Å². The van der Waals surface area contributed by atoms with Crippen molar-refractivity contribution >= 4 is 35.0 Å². The number of hydrogen-bond donors (Lipinski definition) is 0. The molecule has 0 radical (unpaired) electrons. The number of thioether (sulfide) groups is 1. The quantitative estimate of drug-likeness (QED) is 0.407. The molecule has 0 aromatic heterocycles. The van der Waals surface area contributed by atoms with Crippen molar-refractivity contribution in [1.82, 2.24) is 4.90 Å². The van der Waals surface area contributed by atoms with Gasteiger partial charge < -0.3 is 19.3 Å². The summed E-state index contributed by atoms with van der Waals surface area (Å²) < 4.78 is 11.2. The number of para-hydroxylation sites is 2. The zero-order valence-electron chi connectivity index (χ0n) is 16.9. The van der Waals surface area contributed by atoms with Gasteiger partial charge in [0.2, 0.25) is 0 Å². The van der Waals surface area contributed by atoms with Crippen molar-refractivity contribution in [2.75, 3.05) is 44.0 Å². The van der Waals surface area contributed by atoms with Gasteiger partial charge in [0.25, 0.3) is 17.5 Å². The van der Waals surface area contributed by atoms with Crippen molar-refractivity contribution in [2.45, 2.75) is 11.0 Å². The summed E-state index contributed by atoms with van der Waals surface area (Å²) in [5.74, 6) is -0.213. The van der Waals surface area contributed by atoms with Crippen molar-refractivity contribution in [1.29, 1.82) is 0 Å². The molecule has 4 rings (SSSR count). The number of rotatable bonds is 4. The summed E-state index contributed by atoms with van der Waals surface area (Å²) in [6.45, 7) is 1.88. The molecule has 31 heavy (non-hydrogen) atoms. The Balaban J connectivity index is 1.66. The average Bonchev–Trinajstić information content (AvgIpc) is 2.82. The summed E-state index contributed by atoms with van der Waals surface area (Å²) in [6, 6.07) is 11.4. The third-order valence-corrected chi connectivity index (χ3v) is 6.02. The zero-order chi connectivity index (χ0) is 22.0. The van der Waals surface area contributed by atoms with Crippen LogP contribution in [0.1, 0.15) is 10.4 Å². The largest absolute Gasteiger partial charge is 0.476 e. The number of carbonyl (C=O) groups excluding carboxylic acids is 2. The van der Waals surface area contributed by atoms with Crippen molar-refractivity contribution in [3.63, 3.8) is 0 Å². The topological polar surface area (TPSA) is 102 Å². The lowest BCUT2D eigenvalue weighted by molar-refractivity contribution is -0.387. The van der Waals surface area contributed by atoms with Gasteiger partial charge in [0.15, 0.2) is 6.10 Å². The number of ether oxygens (including phenoxy) is 2. The van der Waals surface area contributed by atoms with Crippen LogP contribution < -0.4 is 9.64 Å². The monoisotopic (exact) mass is 443 g/mol. The third-order valence-electron chi connectivity index (χ3n) is 5.24. The first-order chi connectivity index (χ1) is 15.0. The molecule has 2 aliphatic rings. The van der Waals surface area contributed by atoms with E-state index in [1.165, 1.54) is 22.7 Å². The molecule has 1 fully saturated rings. The maximum Gasteiger partial charge on any atom is 0.283 e. The maximum absolute atomic E-state index is 13.4. The molecule has 0 bridgehead atoms. The number of nitrogens with zero attached hydrogens (tertiary/aromatic N) is 3. The lowest BCUT2D eigenvalue weighted by Gasteiger charge is -2.37. The van der Waals surface area contributed by atoms with Crippen molar-refractivity contribution < 1.29 is 24.0 Å². The highest BCUT2D eigenvalue weighted by Crippen LogP contribution is 2.35. The van der Waals surface area contributed by atoms with Gasteiger partial charge in [-0.3, -0.25) is 19.7 Å². The van der Waals surface area contributed by atoms with E-state index < -0.39 is 16.9 Å². The van der Waals surface area contributed by atoms with Crippen molar-refractivity contribution in [2.24, 2.45) is 0 Å². The Labute approximate surface area is 183 Å². The van der Waals surface area contributed by atoms with Gasteiger partial charge in [-0.15, -0.1) is 11.8 Å². The number of benzene rings is 2. The lowest BCUT2D eigenvalue weighted by Crippen LogP contribution is -2.54. The molecular weight excluding hydrogens is 422 g/mol. The number of amides is 2. The summed E-state index contributed by atoms with van der Waals surface area (Å²) in [5, 5.41) is 11.4. The van der Waals surface area contributed by atoms with Gasteiger partial charge in [0, 0.05) is 24.7 Å². The number of nitro benzene ring substituents is 1. The Morgan fingerprint density at radius 2 is 1.90 bits per heavy atom. The molecule has 2 aromatic rings. The van der Waals surface area contributed by atoms with Gasteiger partial charge in [-0.25, -0.2) is 0 Å². The van der Waals surface area contributed by atoms with Gasteiger partial charge in [0.1, 0.15) is 5.75 Å². The highest BCUT2D eigenvalue weighted by molar-refractivity contribution is 7.98. The van der Waals surface area contributed by atoms with Crippen LogP contribution in [-0.4, -0.2) is 66.8 Å². The first kappa shape index (κ1) is 21.1. The molecule has 0 unspecified atom stereocenters. The van der Waals surface area contributed by atoms with Gasteiger partial charge in [0.05, 0.1) is 35.3 Å². The van der Waals surface area contributed by atoms with E-state index in [1.54, 1.807) is 47.6 Å². The Morgan fingerprint density at radius 1 is 1.16 bits per heavy atom. The summed E-state index contributed by atoms with van der Waals surface area (Å²) >= 11 is 1.24. The molecule has 162 valence electrons. The summed E-state index contributed by atoms with van der Waals surface area (Å²) in [5.41, 5.74) is 0.578. The molecule has 2 aliphatic heterocycles. The SMILES string of the molecule is CSc1ccc(C(=O)N2C[C@H](C(=O)N3CCOCC3)Oc3ccccc32)cc1[N+](=O)[O-]. The van der Waals surface area contributed by atoms with E-state index in [0.29, 0.717) is 42.6 Å². The van der Waals surface area contributed by atoms with E-state index in [-0.39, 0.29) is 23.7 Å². The number of morpholine rings is 1. The molecule has 2 heterocycles. The normalized spacial score (nSPS) is 18.2. The molecule has 0 spiro atoms. The molecule has 10 heteroatoms. The third kappa shape index (κ3) is 4.21.